The fourth-order valence-corrected chi connectivity index (χ4v) is 3.41. The maximum Gasteiger partial charge on any atom is 0.219 e. The highest BCUT2D eigenvalue weighted by atomic mass is 32.1. The van der Waals surface area contributed by atoms with Gasteiger partial charge in [-0.2, -0.15) is 0 Å². The molecule has 0 aliphatic carbocycles. The summed E-state index contributed by atoms with van der Waals surface area (Å²) in [6.45, 7) is 5.65. The highest BCUT2D eigenvalue weighted by Crippen LogP contribution is 2.29. The first-order chi connectivity index (χ1) is 11.6. The summed E-state index contributed by atoms with van der Waals surface area (Å²) < 4.78 is 0. The number of rotatable bonds is 1. The minimum absolute atomic E-state index is 0.137. The molecular formula is C18H24N4OS. The van der Waals surface area contributed by atoms with Crippen molar-refractivity contribution in [2.45, 2.75) is 19.8 Å². The van der Waals surface area contributed by atoms with Crippen LogP contribution in [0.1, 0.15) is 25.3 Å². The number of amides is 1. The van der Waals surface area contributed by atoms with E-state index in [1.165, 1.54) is 16.8 Å². The number of carbonyl (C=O) groups excluding carboxylic acids is 1. The lowest BCUT2D eigenvalue weighted by Gasteiger charge is -2.35. The van der Waals surface area contributed by atoms with Crippen LogP contribution < -0.4 is 10.6 Å². The van der Waals surface area contributed by atoms with E-state index in [9.17, 15) is 4.79 Å². The van der Waals surface area contributed by atoms with Crippen LogP contribution in [0.2, 0.25) is 0 Å². The van der Waals surface area contributed by atoms with Crippen LogP contribution in [0.25, 0.3) is 5.57 Å². The fraction of sp³-hybridized carbons (Fsp3) is 0.444. The second-order valence-corrected chi connectivity index (χ2v) is 6.57. The molecule has 1 aromatic rings. The van der Waals surface area contributed by atoms with Gasteiger partial charge in [-0.05, 0) is 36.7 Å². The number of piperazine rings is 1. The number of carbonyl (C=O) groups is 1. The Kier molecular flexibility index (Phi) is 5.35. The first-order valence-electron chi connectivity index (χ1n) is 8.48. The summed E-state index contributed by atoms with van der Waals surface area (Å²) in [6.07, 6.45) is 4.18. The average Bonchev–Trinajstić information content (AvgIpc) is 2.82. The molecule has 1 saturated heterocycles. The number of thiocarbonyl (C=S) groups is 1. The highest BCUT2D eigenvalue weighted by Gasteiger charge is 2.20. The molecule has 2 aliphatic rings. The van der Waals surface area contributed by atoms with Crippen LogP contribution in [-0.4, -0.2) is 53.5 Å². The van der Waals surface area contributed by atoms with Crippen LogP contribution in [0.5, 0.6) is 0 Å². The molecule has 0 saturated carbocycles. The summed E-state index contributed by atoms with van der Waals surface area (Å²) in [7, 11) is 0. The highest BCUT2D eigenvalue weighted by molar-refractivity contribution is 7.80. The largest absolute Gasteiger partial charge is 0.385 e. The average molecular weight is 344 g/mol. The van der Waals surface area contributed by atoms with E-state index in [2.05, 4.69) is 39.8 Å². The molecule has 0 spiro atoms. The monoisotopic (exact) mass is 344 g/mol. The lowest BCUT2D eigenvalue weighted by atomic mass is 10.0. The van der Waals surface area contributed by atoms with Crippen molar-refractivity contribution in [3.63, 3.8) is 0 Å². The van der Waals surface area contributed by atoms with Crippen molar-refractivity contribution in [1.82, 2.24) is 15.1 Å². The normalized spacial score (nSPS) is 19.3. The van der Waals surface area contributed by atoms with E-state index in [1.807, 2.05) is 11.1 Å². The van der Waals surface area contributed by atoms with E-state index in [4.69, 9.17) is 12.2 Å². The zero-order chi connectivity index (χ0) is 16.9. The van der Waals surface area contributed by atoms with Gasteiger partial charge >= 0.3 is 0 Å². The van der Waals surface area contributed by atoms with Crippen molar-refractivity contribution in [2.24, 2.45) is 0 Å². The molecule has 1 amide bonds. The molecule has 3 rings (SSSR count). The Hall–Kier alpha value is -2.08. The molecule has 0 aromatic heterocycles. The van der Waals surface area contributed by atoms with Crippen LogP contribution in [0.15, 0.2) is 30.5 Å². The van der Waals surface area contributed by atoms with E-state index >= 15 is 0 Å². The fourth-order valence-electron chi connectivity index (χ4n) is 3.17. The third kappa shape index (κ3) is 3.87. The summed E-state index contributed by atoms with van der Waals surface area (Å²) in [5.41, 5.74) is 3.70. The Morgan fingerprint density at radius 2 is 1.92 bits per heavy atom. The molecule has 0 radical (unpaired) electrons. The predicted octanol–water partition coefficient (Wildman–Crippen LogP) is 2.27. The van der Waals surface area contributed by atoms with Gasteiger partial charge in [-0.3, -0.25) is 4.79 Å². The first kappa shape index (κ1) is 16.8. The summed E-state index contributed by atoms with van der Waals surface area (Å²) in [4.78, 5) is 15.4. The molecule has 24 heavy (non-hydrogen) atoms. The molecule has 5 nitrogen and oxygen atoms in total. The van der Waals surface area contributed by atoms with Crippen LogP contribution >= 0.6 is 12.2 Å². The van der Waals surface area contributed by atoms with Gasteiger partial charge in [-0.25, -0.2) is 0 Å². The Morgan fingerprint density at radius 3 is 2.67 bits per heavy atom. The Balaban J connectivity index is 1.63. The SMILES string of the molecule is CC(=O)N1CCN(C(=S)N/C=C2/CCCNc3ccccc32)CC1. The number of para-hydroxylation sites is 1. The molecule has 1 aromatic carbocycles. The Bertz CT molecular complexity index is 650. The number of benzene rings is 1. The standard InChI is InChI=1S/C18H24N4OS/c1-14(23)21-9-11-22(12-10-21)18(24)20-13-15-5-4-8-19-17-7-3-2-6-16(15)17/h2-3,6-7,13,19H,4-5,8-12H2,1H3,(H,20,24)/b15-13-. The lowest BCUT2D eigenvalue weighted by molar-refractivity contribution is -0.130. The quantitative estimate of drug-likeness (QED) is 0.766. The Labute approximate surface area is 148 Å². The number of hydrogen-bond acceptors (Lipinski definition) is 3. The van der Waals surface area contributed by atoms with Gasteiger partial charge in [0.05, 0.1) is 0 Å². The Morgan fingerprint density at radius 1 is 1.21 bits per heavy atom. The molecule has 2 heterocycles. The molecule has 0 unspecified atom stereocenters. The third-order valence-corrected chi connectivity index (χ3v) is 4.97. The maximum absolute atomic E-state index is 11.4. The van der Waals surface area contributed by atoms with E-state index in [0.29, 0.717) is 0 Å². The van der Waals surface area contributed by atoms with Gasteiger partial charge in [0.15, 0.2) is 5.11 Å². The van der Waals surface area contributed by atoms with Crippen LogP contribution in [0.3, 0.4) is 0 Å². The number of hydrogen-bond donors (Lipinski definition) is 2. The van der Waals surface area contributed by atoms with Crippen molar-refractivity contribution in [2.75, 3.05) is 38.0 Å². The van der Waals surface area contributed by atoms with Gasteiger partial charge in [0.2, 0.25) is 5.91 Å². The molecule has 0 bridgehead atoms. The van der Waals surface area contributed by atoms with Crippen LogP contribution in [-0.2, 0) is 4.79 Å². The summed E-state index contributed by atoms with van der Waals surface area (Å²) in [5, 5.41) is 7.51. The zero-order valence-corrected chi connectivity index (χ0v) is 14.9. The van der Waals surface area contributed by atoms with Gasteiger partial charge in [-0.15, -0.1) is 0 Å². The summed E-state index contributed by atoms with van der Waals surface area (Å²) >= 11 is 5.53. The van der Waals surface area contributed by atoms with Crippen LogP contribution in [0.4, 0.5) is 5.69 Å². The minimum atomic E-state index is 0.137. The molecule has 2 aliphatic heterocycles. The smallest absolute Gasteiger partial charge is 0.219 e. The summed E-state index contributed by atoms with van der Waals surface area (Å²) in [5.74, 6) is 0.137. The molecule has 1 fully saturated rings. The maximum atomic E-state index is 11.4. The number of nitrogens with one attached hydrogen (secondary N) is 2. The molecule has 128 valence electrons. The number of fused-ring (bicyclic) bond motifs is 1. The second kappa shape index (κ2) is 7.66. The molecular weight excluding hydrogens is 320 g/mol. The van der Waals surface area contributed by atoms with Crippen molar-refractivity contribution in [3.8, 4) is 0 Å². The van der Waals surface area contributed by atoms with Crippen molar-refractivity contribution < 1.29 is 4.79 Å². The van der Waals surface area contributed by atoms with Gasteiger partial charge in [0.25, 0.3) is 0 Å². The van der Waals surface area contributed by atoms with E-state index in [-0.39, 0.29) is 5.91 Å². The van der Waals surface area contributed by atoms with Crippen LogP contribution in [0, 0.1) is 0 Å². The minimum Gasteiger partial charge on any atom is -0.385 e. The second-order valence-electron chi connectivity index (χ2n) is 6.19. The first-order valence-corrected chi connectivity index (χ1v) is 8.89. The van der Waals surface area contributed by atoms with E-state index < -0.39 is 0 Å². The zero-order valence-electron chi connectivity index (χ0n) is 14.0. The molecule has 6 heteroatoms. The number of allylic oxidation sites excluding steroid dienone is 1. The van der Waals surface area contributed by atoms with Gasteiger partial charge in [0, 0.05) is 57.1 Å². The third-order valence-electron chi connectivity index (χ3n) is 4.59. The topological polar surface area (TPSA) is 47.6 Å². The van der Waals surface area contributed by atoms with E-state index in [0.717, 1.165) is 50.7 Å². The predicted molar refractivity (Wildman–Crippen MR) is 102 cm³/mol. The van der Waals surface area contributed by atoms with Gasteiger partial charge < -0.3 is 20.4 Å². The molecule has 0 atom stereocenters. The van der Waals surface area contributed by atoms with Gasteiger partial charge in [-0.1, -0.05) is 18.2 Å². The van der Waals surface area contributed by atoms with Gasteiger partial charge in [0.1, 0.15) is 0 Å². The summed E-state index contributed by atoms with van der Waals surface area (Å²) in [6, 6.07) is 8.39. The van der Waals surface area contributed by atoms with Crippen molar-refractivity contribution >= 4 is 34.5 Å². The molecule has 2 N–H and O–H groups in total. The van der Waals surface area contributed by atoms with E-state index in [1.54, 1.807) is 6.92 Å². The number of anilines is 1. The number of nitrogens with zero attached hydrogens (tertiary/aromatic N) is 2. The van der Waals surface area contributed by atoms with Crippen molar-refractivity contribution in [3.05, 3.63) is 36.0 Å². The lowest BCUT2D eigenvalue weighted by Crippen LogP contribution is -2.52. The van der Waals surface area contributed by atoms with Crippen molar-refractivity contribution in [1.29, 1.82) is 0 Å².